The van der Waals surface area contributed by atoms with E-state index < -0.39 is 26.5 Å². The molecule has 1 aliphatic heterocycles. The highest BCUT2D eigenvalue weighted by Crippen LogP contribution is 2.31. The molecule has 1 unspecified atom stereocenters. The van der Waals surface area contributed by atoms with E-state index in [0.29, 0.717) is 25.7 Å². The van der Waals surface area contributed by atoms with Crippen molar-refractivity contribution in [1.82, 2.24) is 5.32 Å². The molecular formula is C12H20N2O3S2. The Balaban J connectivity index is 2.14. The number of amides is 1. The molecule has 0 bridgehead atoms. The number of carbonyl (C=O) groups is 1. The first kappa shape index (κ1) is 14.7. The first-order valence-corrected chi connectivity index (χ1v) is 8.83. The summed E-state index contributed by atoms with van der Waals surface area (Å²) in [7, 11) is -3.31. The molecule has 108 valence electrons. The molecular weight excluding hydrogens is 284 g/mol. The number of thiocarbonyl (C=S) groups is 1. The fourth-order valence-corrected chi connectivity index (χ4v) is 5.03. The van der Waals surface area contributed by atoms with Crippen LogP contribution >= 0.6 is 12.2 Å². The zero-order valence-electron chi connectivity index (χ0n) is 10.9. The Labute approximate surface area is 119 Å². The fraction of sp³-hybridized carbons (Fsp3) is 0.833. The van der Waals surface area contributed by atoms with Crippen molar-refractivity contribution in [1.29, 1.82) is 0 Å². The van der Waals surface area contributed by atoms with E-state index in [4.69, 9.17) is 18.0 Å². The molecule has 0 aromatic rings. The Morgan fingerprint density at radius 2 is 1.84 bits per heavy atom. The summed E-state index contributed by atoms with van der Waals surface area (Å²) in [6, 6.07) is 0. The zero-order valence-corrected chi connectivity index (χ0v) is 12.5. The van der Waals surface area contributed by atoms with E-state index in [1.54, 1.807) is 0 Å². The smallest absolute Gasteiger partial charge is 0.239 e. The minimum absolute atomic E-state index is 0.102. The molecule has 1 atom stereocenters. The van der Waals surface area contributed by atoms with Gasteiger partial charge in [-0.25, -0.2) is 8.42 Å². The van der Waals surface area contributed by atoms with Gasteiger partial charge in [0.05, 0.1) is 16.3 Å². The molecule has 0 aromatic carbocycles. The van der Waals surface area contributed by atoms with Gasteiger partial charge in [-0.2, -0.15) is 0 Å². The summed E-state index contributed by atoms with van der Waals surface area (Å²) in [5.41, 5.74) is 5.08. The predicted molar refractivity (Wildman–Crippen MR) is 77.6 cm³/mol. The van der Waals surface area contributed by atoms with Gasteiger partial charge in [0.2, 0.25) is 5.91 Å². The van der Waals surface area contributed by atoms with E-state index in [0.717, 1.165) is 19.3 Å². The molecule has 3 N–H and O–H groups in total. The molecule has 1 saturated carbocycles. The van der Waals surface area contributed by atoms with Gasteiger partial charge in [-0.1, -0.05) is 31.5 Å². The quantitative estimate of drug-likeness (QED) is 0.748. The molecule has 7 heteroatoms. The predicted octanol–water partition coefficient (Wildman–Crippen LogP) is 0.669. The molecule has 1 amide bonds. The highest BCUT2D eigenvalue weighted by atomic mass is 32.2. The number of nitrogens with one attached hydrogen (secondary N) is 1. The Bertz CT molecular complexity index is 481. The monoisotopic (exact) mass is 304 g/mol. The van der Waals surface area contributed by atoms with Crippen LogP contribution in [0, 0.1) is 0 Å². The standard InChI is InChI=1S/C12H20N2O3S2/c13-11(18)12(6-2-3-7-12)14-10(15)9-5-1-4-8-19(9,16)17/h9H,1-8H2,(H2,13,18)(H,14,15). The first-order valence-electron chi connectivity index (χ1n) is 6.71. The van der Waals surface area contributed by atoms with Crippen LogP contribution in [0.5, 0.6) is 0 Å². The molecule has 1 heterocycles. The third-order valence-electron chi connectivity index (χ3n) is 4.16. The largest absolute Gasteiger partial charge is 0.391 e. The fourth-order valence-electron chi connectivity index (χ4n) is 2.98. The molecule has 1 saturated heterocycles. The van der Waals surface area contributed by atoms with E-state index in [9.17, 15) is 13.2 Å². The second-order valence-corrected chi connectivity index (χ2v) is 8.24. The van der Waals surface area contributed by atoms with Crippen molar-refractivity contribution in [3.8, 4) is 0 Å². The van der Waals surface area contributed by atoms with Crippen LogP contribution in [0.3, 0.4) is 0 Å². The number of hydrogen-bond acceptors (Lipinski definition) is 4. The maximum absolute atomic E-state index is 12.3. The van der Waals surface area contributed by atoms with Crippen LogP contribution < -0.4 is 11.1 Å². The second-order valence-electron chi connectivity index (χ2n) is 5.49. The number of sulfone groups is 1. The SMILES string of the molecule is NC(=S)C1(NC(=O)C2CCCCS2(=O)=O)CCCC1. The van der Waals surface area contributed by atoms with Crippen LogP contribution in [0.2, 0.25) is 0 Å². The molecule has 19 heavy (non-hydrogen) atoms. The zero-order chi connectivity index (χ0) is 14.1. The van der Waals surface area contributed by atoms with Gasteiger partial charge in [0.25, 0.3) is 0 Å². The lowest BCUT2D eigenvalue weighted by molar-refractivity contribution is -0.122. The summed E-state index contributed by atoms with van der Waals surface area (Å²) < 4.78 is 23.9. The maximum atomic E-state index is 12.3. The minimum atomic E-state index is -3.31. The molecule has 5 nitrogen and oxygen atoms in total. The molecule has 0 spiro atoms. The van der Waals surface area contributed by atoms with Gasteiger partial charge in [-0.05, 0) is 25.7 Å². The van der Waals surface area contributed by atoms with Gasteiger partial charge in [0.15, 0.2) is 9.84 Å². The van der Waals surface area contributed by atoms with E-state index in [-0.39, 0.29) is 10.7 Å². The van der Waals surface area contributed by atoms with Crippen LogP contribution in [0.15, 0.2) is 0 Å². The lowest BCUT2D eigenvalue weighted by Crippen LogP contribution is -2.58. The summed E-state index contributed by atoms with van der Waals surface area (Å²) in [5.74, 6) is -0.320. The van der Waals surface area contributed by atoms with Gasteiger partial charge < -0.3 is 11.1 Å². The third-order valence-corrected chi connectivity index (χ3v) is 6.73. The van der Waals surface area contributed by atoms with Crippen LogP contribution in [0.1, 0.15) is 44.9 Å². The van der Waals surface area contributed by atoms with Gasteiger partial charge >= 0.3 is 0 Å². The van der Waals surface area contributed by atoms with Crippen LogP contribution in [-0.2, 0) is 14.6 Å². The van der Waals surface area contributed by atoms with Crippen LogP contribution in [-0.4, -0.2) is 35.9 Å². The molecule has 2 fully saturated rings. The number of hydrogen-bond donors (Lipinski definition) is 2. The Morgan fingerprint density at radius 1 is 1.21 bits per heavy atom. The molecule has 0 radical (unpaired) electrons. The summed E-state index contributed by atoms with van der Waals surface area (Å²) >= 11 is 5.06. The van der Waals surface area contributed by atoms with E-state index in [1.807, 2.05) is 0 Å². The van der Waals surface area contributed by atoms with E-state index >= 15 is 0 Å². The normalized spacial score (nSPS) is 28.7. The average molecular weight is 304 g/mol. The highest BCUT2D eigenvalue weighted by molar-refractivity contribution is 7.92. The van der Waals surface area contributed by atoms with E-state index in [2.05, 4.69) is 5.32 Å². The minimum Gasteiger partial charge on any atom is -0.391 e. The third kappa shape index (κ3) is 2.91. The Hall–Kier alpha value is -0.690. The molecule has 2 aliphatic rings. The number of carbonyl (C=O) groups excluding carboxylic acids is 1. The highest BCUT2D eigenvalue weighted by Gasteiger charge is 2.42. The van der Waals surface area contributed by atoms with Crippen molar-refractivity contribution in [3.05, 3.63) is 0 Å². The van der Waals surface area contributed by atoms with Crippen molar-refractivity contribution in [2.24, 2.45) is 5.73 Å². The van der Waals surface area contributed by atoms with Crippen molar-refractivity contribution >= 4 is 33.0 Å². The van der Waals surface area contributed by atoms with E-state index in [1.165, 1.54) is 0 Å². The Kier molecular flexibility index (Phi) is 4.15. The van der Waals surface area contributed by atoms with Gasteiger partial charge in [-0.3, -0.25) is 4.79 Å². The van der Waals surface area contributed by atoms with Crippen molar-refractivity contribution in [2.45, 2.75) is 55.7 Å². The summed E-state index contributed by atoms with van der Waals surface area (Å²) in [5, 5.41) is 1.91. The van der Waals surface area contributed by atoms with Crippen molar-refractivity contribution in [2.75, 3.05) is 5.75 Å². The van der Waals surface area contributed by atoms with Gasteiger partial charge in [-0.15, -0.1) is 0 Å². The lowest BCUT2D eigenvalue weighted by Gasteiger charge is -2.32. The van der Waals surface area contributed by atoms with Gasteiger partial charge in [0, 0.05) is 0 Å². The topological polar surface area (TPSA) is 89.3 Å². The van der Waals surface area contributed by atoms with Crippen molar-refractivity contribution in [3.63, 3.8) is 0 Å². The molecule has 2 rings (SSSR count). The number of rotatable bonds is 3. The lowest BCUT2D eigenvalue weighted by atomic mass is 9.97. The molecule has 1 aliphatic carbocycles. The average Bonchev–Trinajstić information content (AvgIpc) is 2.78. The summed E-state index contributed by atoms with van der Waals surface area (Å²) in [6.45, 7) is 0. The molecule has 0 aromatic heterocycles. The Morgan fingerprint density at radius 3 is 2.37 bits per heavy atom. The van der Waals surface area contributed by atoms with Crippen LogP contribution in [0.4, 0.5) is 0 Å². The maximum Gasteiger partial charge on any atom is 0.239 e. The van der Waals surface area contributed by atoms with Crippen LogP contribution in [0.25, 0.3) is 0 Å². The number of nitrogens with two attached hydrogens (primary N) is 1. The van der Waals surface area contributed by atoms with Gasteiger partial charge in [0.1, 0.15) is 5.25 Å². The summed E-state index contributed by atoms with van der Waals surface area (Å²) in [6.07, 6.45) is 5.15. The summed E-state index contributed by atoms with van der Waals surface area (Å²) in [4.78, 5) is 12.5. The first-order chi connectivity index (χ1) is 8.87. The van der Waals surface area contributed by atoms with Crippen molar-refractivity contribution < 1.29 is 13.2 Å². The second kappa shape index (κ2) is 5.36.